The number of rotatable bonds is 3. The summed E-state index contributed by atoms with van der Waals surface area (Å²) in [7, 11) is 0. The predicted octanol–water partition coefficient (Wildman–Crippen LogP) is 2.41. The van der Waals surface area contributed by atoms with Crippen LogP contribution in [0.5, 0.6) is 11.6 Å². The lowest BCUT2D eigenvalue weighted by Gasteiger charge is -2.05. The first kappa shape index (κ1) is 10.9. The Kier molecular flexibility index (Phi) is 3.34. The van der Waals surface area contributed by atoms with E-state index in [4.69, 9.17) is 21.4 Å². The third-order valence-electron chi connectivity index (χ3n) is 1.91. The van der Waals surface area contributed by atoms with E-state index in [1.54, 1.807) is 24.3 Å². The predicted molar refractivity (Wildman–Crippen MR) is 59.5 cm³/mol. The van der Waals surface area contributed by atoms with Gasteiger partial charge in [-0.05, 0) is 17.7 Å². The summed E-state index contributed by atoms with van der Waals surface area (Å²) in [6, 6.07) is 8.63. The quantitative estimate of drug-likeness (QED) is 0.832. The molecular formula is C11H9ClN2O2. The van der Waals surface area contributed by atoms with Gasteiger partial charge in [-0.3, -0.25) is 0 Å². The second-order valence-corrected chi connectivity index (χ2v) is 3.47. The van der Waals surface area contributed by atoms with E-state index in [0.29, 0.717) is 16.8 Å². The van der Waals surface area contributed by atoms with Gasteiger partial charge in [0.15, 0.2) is 0 Å². The van der Waals surface area contributed by atoms with Crippen molar-refractivity contribution in [2.45, 2.75) is 6.61 Å². The number of aliphatic hydroxyl groups excluding tert-OH is 1. The molecule has 0 spiro atoms. The van der Waals surface area contributed by atoms with E-state index in [2.05, 4.69) is 9.97 Å². The van der Waals surface area contributed by atoms with Crippen molar-refractivity contribution in [3.05, 3.63) is 47.4 Å². The zero-order valence-electron chi connectivity index (χ0n) is 8.30. The average molecular weight is 237 g/mol. The summed E-state index contributed by atoms with van der Waals surface area (Å²) in [5, 5.41) is 9.29. The molecule has 0 aliphatic carbocycles. The highest BCUT2D eigenvalue weighted by atomic mass is 35.5. The second-order valence-electron chi connectivity index (χ2n) is 3.09. The smallest absolute Gasteiger partial charge is 0.223 e. The van der Waals surface area contributed by atoms with Crippen LogP contribution >= 0.6 is 11.6 Å². The highest BCUT2D eigenvalue weighted by Gasteiger charge is 2.00. The molecule has 4 nitrogen and oxygen atoms in total. The lowest BCUT2D eigenvalue weighted by Crippen LogP contribution is -1.90. The van der Waals surface area contributed by atoms with Crippen molar-refractivity contribution in [2.24, 2.45) is 0 Å². The van der Waals surface area contributed by atoms with Crippen LogP contribution in [0.1, 0.15) is 5.56 Å². The Bertz CT molecular complexity index is 491. The van der Waals surface area contributed by atoms with Gasteiger partial charge < -0.3 is 9.84 Å². The van der Waals surface area contributed by atoms with Gasteiger partial charge in [0.05, 0.1) is 6.61 Å². The summed E-state index contributed by atoms with van der Waals surface area (Å²) < 4.78 is 5.46. The van der Waals surface area contributed by atoms with Crippen LogP contribution in [0.25, 0.3) is 0 Å². The number of halogens is 1. The maximum absolute atomic E-state index is 8.97. The van der Waals surface area contributed by atoms with E-state index < -0.39 is 0 Å². The summed E-state index contributed by atoms with van der Waals surface area (Å²) in [5.41, 5.74) is 0.776. The van der Waals surface area contributed by atoms with Crippen LogP contribution in [0, 0.1) is 0 Å². The molecule has 0 saturated heterocycles. The molecule has 0 bridgehead atoms. The minimum absolute atomic E-state index is 0.0261. The Morgan fingerprint density at radius 3 is 2.88 bits per heavy atom. The van der Waals surface area contributed by atoms with Crippen LogP contribution in [0.2, 0.25) is 5.15 Å². The average Bonchev–Trinajstić information content (AvgIpc) is 2.29. The fourth-order valence-electron chi connectivity index (χ4n) is 1.20. The maximum atomic E-state index is 8.97. The van der Waals surface area contributed by atoms with E-state index in [1.165, 1.54) is 12.4 Å². The third kappa shape index (κ3) is 2.68. The van der Waals surface area contributed by atoms with Crippen LogP contribution in [0.4, 0.5) is 0 Å². The number of benzene rings is 1. The van der Waals surface area contributed by atoms with Crippen LogP contribution < -0.4 is 4.74 Å². The third-order valence-corrected chi connectivity index (χ3v) is 2.12. The molecule has 0 aliphatic heterocycles. The Hall–Kier alpha value is -1.65. The molecule has 0 saturated carbocycles. The van der Waals surface area contributed by atoms with Gasteiger partial charge in [-0.2, -0.15) is 0 Å². The molecule has 0 unspecified atom stereocenters. The van der Waals surface area contributed by atoms with Gasteiger partial charge in [0.1, 0.15) is 17.2 Å². The van der Waals surface area contributed by atoms with Crippen molar-refractivity contribution in [1.29, 1.82) is 0 Å². The van der Waals surface area contributed by atoms with Gasteiger partial charge in [-0.1, -0.05) is 23.7 Å². The van der Waals surface area contributed by atoms with Crippen molar-refractivity contribution >= 4 is 11.6 Å². The van der Waals surface area contributed by atoms with E-state index in [0.717, 1.165) is 5.56 Å². The Labute approximate surface area is 97.5 Å². The zero-order valence-corrected chi connectivity index (χ0v) is 9.05. The molecule has 0 radical (unpaired) electrons. The van der Waals surface area contributed by atoms with Crippen molar-refractivity contribution < 1.29 is 9.84 Å². The molecular weight excluding hydrogens is 228 g/mol. The molecule has 1 aromatic carbocycles. The summed E-state index contributed by atoms with van der Waals surface area (Å²) >= 11 is 5.70. The molecule has 82 valence electrons. The first-order valence-corrected chi connectivity index (χ1v) is 5.01. The zero-order chi connectivity index (χ0) is 11.4. The minimum Gasteiger partial charge on any atom is -0.439 e. The number of aromatic nitrogens is 2. The summed E-state index contributed by atoms with van der Waals surface area (Å²) in [6.07, 6.45) is 1.33. The SMILES string of the molecule is OCc1cccc(Oc2cc(Cl)ncn2)c1. The van der Waals surface area contributed by atoms with Gasteiger partial charge in [-0.15, -0.1) is 0 Å². The highest BCUT2D eigenvalue weighted by molar-refractivity contribution is 6.29. The molecule has 0 aliphatic rings. The van der Waals surface area contributed by atoms with Gasteiger partial charge in [-0.25, -0.2) is 9.97 Å². The second kappa shape index (κ2) is 4.92. The topological polar surface area (TPSA) is 55.2 Å². The lowest BCUT2D eigenvalue weighted by molar-refractivity contribution is 0.281. The van der Waals surface area contributed by atoms with Crippen molar-refractivity contribution in [3.8, 4) is 11.6 Å². The molecule has 1 aromatic heterocycles. The first-order valence-electron chi connectivity index (χ1n) is 4.63. The number of aliphatic hydroxyl groups is 1. The molecule has 1 heterocycles. The molecule has 0 atom stereocenters. The standard InChI is InChI=1S/C11H9ClN2O2/c12-10-5-11(14-7-13-10)16-9-3-1-2-8(4-9)6-15/h1-5,7,15H,6H2. The van der Waals surface area contributed by atoms with Crippen LogP contribution in [-0.2, 0) is 6.61 Å². The lowest BCUT2D eigenvalue weighted by atomic mass is 10.2. The van der Waals surface area contributed by atoms with Crippen molar-refractivity contribution in [3.63, 3.8) is 0 Å². The molecule has 5 heteroatoms. The summed E-state index contributed by atoms with van der Waals surface area (Å²) in [6.45, 7) is -0.0261. The summed E-state index contributed by atoms with van der Waals surface area (Å²) in [4.78, 5) is 7.66. The maximum Gasteiger partial charge on any atom is 0.223 e. The number of nitrogens with zero attached hydrogens (tertiary/aromatic N) is 2. The molecule has 16 heavy (non-hydrogen) atoms. The van der Waals surface area contributed by atoms with E-state index in [9.17, 15) is 0 Å². The molecule has 0 amide bonds. The largest absolute Gasteiger partial charge is 0.439 e. The number of hydrogen-bond acceptors (Lipinski definition) is 4. The molecule has 2 aromatic rings. The van der Waals surface area contributed by atoms with Gasteiger partial charge in [0.2, 0.25) is 5.88 Å². The Balaban J connectivity index is 2.20. The van der Waals surface area contributed by atoms with E-state index >= 15 is 0 Å². The summed E-state index contributed by atoms with van der Waals surface area (Å²) in [5.74, 6) is 0.969. The van der Waals surface area contributed by atoms with Crippen molar-refractivity contribution in [2.75, 3.05) is 0 Å². The molecule has 1 N–H and O–H groups in total. The van der Waals surface area contributed by atoms with Crippen LogP contribution in [0.15, 0.2) is 36.7 Å². The van der Waals surface area contributed by atoms with Crippen LogP contribution in [-0.4, -0.2) is 15.1 Å². The van der Waals surface area contributed by atoms with Gasteiger partial charge in [0, 0.05) is 6.07 Å². The fourth-order valence-corrected chi connectivity index (χ4v) is 1.34. The fraction of sp³-hybridized carbons (Fsp3) is 0.0909. The minimum atomic E-state index is -0.0261. The highest BCUT2D eigenvalue weighted by Crippen LogP contribution is 2.21. The van der Waals surface area contributed by atoms with Gasteiger partial charge >= 0.3 is 0 Å². The molecule has 0 fully saturated rings. The molecule has 2 rings (SSSR count). The number of hydrogen-bond donors (Lipinski definition) is 1. The normalized spacial score (nSPS) is 10.1. The van der Waals surface area contributed by atoms with Crippen LogP contribution in [0.3, 0.4) is 0 Å². The van der Waals surface area contributed by atoms with E-state index in [-0.39, 0.29) is 6.61 Å². The first-order chi connectivity index (χ1) is 7.78. The number of ether oxygens (including phenoxy) is 1. The monoisotopic (exact) mass is 236 g/mol. The van der Waals surface area contributed by atoms with Gasteiger partial charge in [0.25, 0.3) is 0 Å². The Morgan fingerprint density at radius 2 is 2.12 bits per heavy atom. The van der Waals surface area contributed by atoms with Crippen molar-refractivity contribution in [1.82, 2.24) is 9.97 Å². The Morgan fingerprint density at radius 1 is 1.25 bits per heavy atom. The van der Waals surface area contributed by atoms with E-state index in [1.807, 2.05) is 0 Å².